The van der Waals surface area contributed by atoms with E-state index in [2.05, 4.69) is 26.2 Å². The van der Waals surface area contributed by atoms with E-state index in [-0.39, 0.29) is 11.1 Å². The first kappa shape index (κ1) is 15.0. The van der Waals surface area contributed by atoms with E-state index in [1.54, 1.807) is 25.4 Å². The molecule has 0 atom stereocenters. The number of ether oxygens (including phenoxy) is 1. The second-order valence-electron chi connectivity index (χ2n) is 4.03. The molecule has 0 bridgehead atoms. The lowest BCUT2D eigenvalue weighted by molar-refractivity contribution is 0.101. The molecule has 0 spiro atoms. The van der Waals surface area contributed by atoms with E-state index in [0.29, 0.717) is 24.5 Å². The molecule has 0 saturated carbocycles. The summed E-state index contributed by atoms with van der Waals surface area (Å²) >= 11 is 9.24. The Morgan fingerprint density at radius 1 is 1.60 bits per heavy atom. The molecule has 5 nitrogen and oxygen atoms in total. The number of nitrogens with one attached hydrogen (secondary N) is 1. The van der Waals surface area contributed by atoms with Crippen LogP contribution < -0.4 is 5.32 Å². The van der Waals surface area contributed by atoms with Crippen LogP contribution in [-0.2, 0) is 11.3 Å². The number of aromatic nitrogens is 2. The fourth-order valence-corrected chi connectivity index (χ4v) is 2.18. The Balaban J connectivity index is 2.16. The van der Waals surface area contributed by atoms with E-state index in [1.807, 2.05) is 16.8 Å². The summed E-state index contributed by atoms with van der Waals surface area (Å²) in [5.74, 6) is -0.243. The molecule has 2 heterocycles. The van der Waals surface area contributed by atoms with Gasteiger partial charge in [0.1, 0.15) is 5.69 Å². The highest BCUT2D eigenvalue weighted by atomic mass is 79.9. The van der Waals surface area contributed by atoms with Gasteiger partial charge in [0.25, 0.3) is 5.91 Å². The van der Waals surface area contributed by atoms with Crippen molar-refractivity contribution >= 4 is 39.1 Å². The molecule has 7 heteroatoms. The molecule has 20 heavy (non-hydrogen) atoms. The fraction of sp³-hybridized carbons (Fsp3) is 0.231. The van der Waals surface area contributed by atoms with Crippen molar-refractivity contribution in [1.82, 2.24) is 9.55 Å². The number of amides is 1. The number of anilines is 1. The van der Waals surface area contributed by atoms with Crippen molar-refractivity contribution in [3.05, 3.63) is 45.9 Å². The quantitative estimate of drug-likeness (QED) is 0.835. The van der Waals surface area contributed by atoms with Crippen molar-refractivity contribution in [2.75, 3.05) is 19.0 Å². The molecule has 2 aromatic heterocycles. The van der Waals surface area contributed by atoms with Crippen molar-refractivity contribution in [3.63, 3.8) is 0 Å². The summed E-state index contributed by atoms with van der Waals surface area (Å²) in [7, 11) is 1.62. The van der Waals surface area contributed by atoms with Crippen LogP contribution in [0, 0.1) is 0 Å². The van der Waals surface area contributed by atoms with Crippen molar-refractivity contribution in [2.45, 2.75) is 6.54 Å². The topological polar surface area (TPSA) is 56.1 Å². The van der Waals surface area contributed by atoms with Crippen LogP contribution in [0.5, 0.6) is 0 Å². The molecule has 0 fully saturated rings. The SMILES string of the molecule is COCCn1cccc1C(=O)Nc1cc(Br)cnc1Cl. The van der Waals surface area contributed by atoms with Gasteiger partial charge in [0.05, 0.1) is 12.3 Å². The number of rotatable bonds is 5. The molecule has 2 rings (SSSR count). The second kappa shape index (κ2) is 6.88. The standard InChI is InChI=1S/C13H13BrClN3O2/c1-20-6-5-18-4-2-3-11(18)13(19)17-10-7-9(14)8-16-12(10)15/h2-4,7-8H,5-6H2,1H3,(H,17,19). The van der Waals surface area contributed by atoms with Gasteiger partial charge in [-0.05, 0) is 34.1 Å². The van der Waals surface area contributed by atoms with Gasteiger partial charge in [-0.1, -0.05) is 11.6 Å². The number of halogens is 2. The number of methoxy groups -OCH3 is 1. The van der Waals surface area contributed by atoms with Crippen LogP contribution >= 0.6 is 27.5 Å². The largest absolute Gasteiger partial charge is 0.383 e. The first-order valence-corrected chi connectivity index (χ1v) is 7.05. The number of hydrogen-bond donors (Lipinski definition) is 1. The number of pyridine rings is 1. The van der Waals surface area contributed by atoms with Crippen LogP contribution in [-0.4, -0.2) is 29.2 Å². The molecule has 1 N–H and O–H groups in total. The Bertz CT molecular complexity index is 615. The predicted molar refractivity (Wildman–Crippen MR) is 81.2 cm³/mol. The van der Waals surface area contributed by atoms with Crippen molar-refractivity contribution in [3.8, 4) is 0 Å². The molecule has 0 aromatic carbocycles. The maximum atomic E-state index is 12.2. The average molecular weight is 359 g/mol. The summed E-state index contributed by atoms with van der Waals surface area (Å²) < 4.78 is 7.57. The molecule has 0 unspecified atom stereocenters. The highest BCUT2D eigenvalue weighted by molar-refractivity contribution is 9.10. The van der Waals surface area contributed by atoms with E-state index in [0.717, 1.165) is 4.47 Å². The summed E-state index contributed by atoms with van der Waals surface area (Å²) in [6.07, 6.45) is 3.40. The van der Waals surface area contributed by atoms with Crippen LogP contribution in [0.25, 0.3) is 0 Å². The zero-order chi connectivity index (χ0) is 14.5. The summed E-state index contributed by atoms with van der Waals surface area (Å²) in [5, 5.41) is 2.99. The Kier molecular flexibility index (Phi) is 5.17. The van der Waals surface area contributed by atoms with Gasteiger partial charge >= 0.3 is 0 Å². The van der Waals surface area contributed by atoms with Gasteiger partial charge in [0.2, 0.25) is 0 Å². The van der Waals surface area contributed by atoms with Gasteiger partial charge in [-0.25, -0.2) is 4.98 Å². The normalized spacial score (nSPS) is 10.6. The fourth-order valence-electron chi connectivity index (χ4n) is 1.70. The Labute approximate surface area is 130 Å². The molecule has 0 radical (unpaired) electrons. The van der Waals surface area contributed by atoms with E-state index in [1.165, 1.54) is 0 Å². The lowest BCUT2D eigenvalue weighted by atomic mass is 10.3. The predicted octanol–water partition coefficient (Wildman–Crippen LogP) is 3.20. The van der Waals surface area contributed by atoms with Crippen LogP contribution in [0.2, 0.25) is 5.15 Å². The van der Waals surface area contributed by atoms with E-state index < -0.39 is 0 Å². The third-order valence-electron chi connectivity index (χ3n) is 2.65. The highest BCUT2D eigenvalue weighted by Gasteiger charge is 2.13. The van der Waals surface area contributed by atoms with Gasteiger partial charge in [0, 0.05) is 30.5 Å². The van der Waals surface area contributed by atoms with Crippen molar-refractivity contribution in [1.29, 1.82) is 0 Å². The van der Waals surface area contributed by atoms with Crippen molar-refractivity contribution in [2.24, 2.45) is 0 Å². The van der Waals surface area contributed by atoms with Gasteiger partial charge in [-0.15, -0.1) is 0 Å². The van der Waals surface area contributed by atoms with Crippen LogP contribution in [0.15, 0.2) is 35.1 Å². The first-order chi connectivity index (χ1) is 9.61. The molecule has 0 saturated heterocycles. The minimum absolute atomic E-state index is 0.243. The number of carbonyl (C=O) groups excluding carboxylic acids is 1. The Morgan fingerprint density at radius 3 is 3.15 bits per heavy atom. The molecule has 1 amide bonds. The lowest BCUT2D eigenvalue weighted by Crippen LogP contribution is -2.18. The van der Waals surface area contributed by atoms with Crippen LogP contribution in [0.1, 0.15) is 10.5 Å². The average Bonchev–Trinajstić information content (AvgIpc) is 2.89. The molecule has 0 aliphatic heterocycles. The molecule has 0 aliphatic rings. The summed E-state index contributed by atoms with van der Waals surface area (Å²) in [5.41, 5.74) is 1.00. The summed E-state index contributed by atoms with van der Waals surface area (Å²) in [6, 6.07) is 5.26. The summed E-state index contributed by atoms with van der Waals surface area (Å²) in [4.78, 5) is 16.2. The van der Waals surface area contributed by atoms with Gasteiger partial charge in [-0.2, -0.15) is 0 Å². The minimum Gasteiger partial charge on any atom is -0.383 e. The highest BCUT2D eigenvalue weighted by Crippen LogP contribution is 2.23. The third kappa shape index (κ3) is 3.59. The van der Waals surface area contributed by atoms with Gasteiger partial charge in [-0.3, -0.25) is 4.79 Å². The number of carbonyl (C=O) groups is 1. The molecule has 0 aliphatic carbocycles. The smallest absolute Gasteiger partial charge is 0.272 e. The number of nitrogens with zero attached hydrogens (tertiary/aromatic N) is 2. The zero-order valence-electron chi connectivity index (χ0n) is 10.8. The first-order valence-electron chi connectivity index (χ1n) is 5.88. The Morgan fingerprint density at radius 2 is 2.40 bits per heavy atom. The van der Waals surface area contributed by atoms with Gasteiger partial charge < -0.3 is 14.6 Å². The van der Waals surface area contributed by atoms with E-state index >= 15 is 0 Å². The van der Waals surface area contributed by atoms with Crippen molar-refractivity contribution < 1.29 is 9.53 Å². The van der Waals surface area contributed by atoms with E-state index in [4.69, 9.17) is 16.3 Å². The maximum absolute atomic E-state index is 12.2. The third-order valence-corrected chi connectivity index (χ3v) is 3.39. The molecular formula is C13H13BrClN3O2. The summed E-state index contributed by atoms with van der Waals surface area (Å²) in [6.45, 7) is 1.14. The van der Waals surface area contributed by atoms with Crippen LogP contribution in [0.4, 0.5) is 5.69 Å². The monoisotopic (exact) mass is 357 g/mol. The minimum atomic E-state index is -0.243. The van der Waals surface area contributed by atoms with Crippen LogP contribution in [0.3, 0.4) is 0 Å². The molecule has 2 aromatic rings. The van der Waals surface area contributed by atoms with E-state index in [9.17, 15) is 4.79 Å². The lowest BCUT2D eigenvalue weighted by Gasteiger charge is -2.10. The van der Waals surface area contributed by atoms with Gasteiger partial charge in [0.15, 0.2) is 5.15 Å². The zero-order valence-corrected chi connectivity index (χ0v) is 13.1. The number of hydrogen-bond acceptors (Lipinski definition) is 3. The maximum Gasteiger partial charge on any atom is 0.272 e. The molecule has 106 valence electrons. The Hall–Kier alpha value is -1.37. The second-order valence-corrected chi connectivity index (χ2v) is 5.30. The molecular weight excluding hydrogens is 346 g/mol.